The van der Waals surface area contributed by atoms with E-state index in [9.17, 15) is 4.39 Å². The lowest BCUT2D eigenvalue weighted by Gasteiger charge is -1.65. The third-order valence-electron chi connectivity index (χ3n) is 0.196. The van der Waals surface area contributed by atoms with E-state index in [0.717, 1.165) is 12.1 Å². The van der Waals surface area contributed by atoms with Gasteiger partial charge in [-0.05, 0) is 0 Å². The normalized spacial score (nSPS) is 6.67. The van der Waals surface area contributed by atoms with Crippen molar-refractivity contribution in [1.82, 2.24) is 0 Å². The summed E-state index contributed by atoms with van der Waals surface area (Å²) in [4.78, 5) is 0. The molecule has 0 aliphatic carbocycles. The van der Waals surface area contributed by atoms with Gasteiger partial charge >= 0.3 is 6.17 Å². The van der Waals surface area contributed by atoms with Crippen LogP contribution >= 0.6 is 0 Å². The van der Waals surface area contributed by atoms with Gasteiger partial charge in [0, 0.05) is 0 Å². The fourth-order valence-electron chi connectivity index (χ4n) is 0.0250. The monoisotopic (exact) mass is 83.0 g/mol. The van der Waals surface area contributed by atoms with Gasteiger partial charge in [-0.15, -0.1) is 0 Å². The van der Waals surface area contributed by atoms with Crippen LogP contribution in [0.2, 0.25) is 0 Å². The fraction of sp³-hybridized carbons (Fsp3) is 0. The predicted molar refractivity (Wildman–Crippen MR) is 15.6 cm³/mol. The highest BCUT2D eigenvalue weighted by molar-refractivity contribution is 5.17. The molecule has 0 aromatic carbocycles. The Kier molecular flexibility index (Phi) is 1.77. The van der Waals surface area contributed by atoms with E-state index in [4.69, 9.17) is 10.5 Å². The number of halogens is 1. The third-order valence-corrected chi connectivity index (χ3v) is 0.196. The number of hydrogen-bond donors (Lipinski definition) is 0. The van der Waals surface area contributed by atoms with Crippen LogP contribution in [0.4, 0.5) is 4.39 Å². The zero-order valence-electron chi connectivity index (χ0n) is 2.77. The minimum Gasteiger partial charge on any atom is -0.204 e. The van der Waals surface area contributed by atoms with Crippen molar-refractivity contribution in [2.75, 3.05) is 0 Å². The molecule has 0 saturated carbocycles. The molecule has 3 heteroatoms. The smallest absolute Gasteiger partial charge is 0.204 e. The SMILES string of the molecule is N#C[C](F)C#N. The molecule has 0 unspecified atom stereocenters. The third kappa shape index (κ3) is 1.25. The van der Waals surface area contributed by atoms with Gasteiger partial charge in [-0.3, -0.25) is 0 Å². The van der Waals surface area contributed by atoms with Gasteiger partial charge in [-0.2, -0.15) is 10.5 Å². The molecule has 0 aliphatic heterocycles. The van der Waals surface area contributed by atoms with Crippen molar-refractivity contribution in [2.24, 2.45) is 0 Å². The Labute approximate surface area is 34.4 Å². The number of rotatable bonds is 0. The predicted octanol–water partition coefficient (Wildman–Crippen LogP) is 0.535. The summed E-state index contributed by atoms with van der Waals surface area (Å²) in [6.45, 7) is 0. The second-order valence-corrected chi connectivity index (χ2v) is 0.538. The Balaban J connectivity index is 3.40. The van der Waals surface area contributed by atoms with Gasteiger partial charge in [0.1, 0.15) is 12.1 Å². The molecule has 0 atom stereocenters. The standard InChI is InChI=1S/C3FN2/c4-3(1-5)2-6. The van der Waals surface area contributed by atoms with E-state index in [2.05, 4.69) is 0 Å². The van der Waals surface area contributed by atoms with Gasteiger partial charge in [0.25, 0.3) is 0 Å². The second kappa shape index (κ2) is 2.17. The van der Waals surface area contributed by atoms with Crippen LogP contribution in [-0.4, -0.2) is 0 Å². The first-order valence-corrected chi connectivity index (χ1v) is 1.14. The maximum atomic E-state index is 11.1. The Morgan fingerprint density at radius 3 is 1.67 bits per heavy atom. The lowest BCUT2D eigenvalue weighted by Crippen LogP contribution is -1.71. The molecule has 0 amide bonds. The van der Waals surface area contributed by atoms with E-state index in [0.29, 0.717) is 0 Å². The first-order valence-electron chi connectivity index (χ1n) is 1.14. The first-order chi connectivity index (χ1) is 2.81. The summed E-state index contributed by atoms with van der Waals surface area (Å²) in [7, 11) is 0. The number of nitrogens with zero attached hydrogens (tertiary/aromatic N) is 2. The van der Waals surface area contributed by atoms with E-state index < -0.39 is 6.17 Å². The lowest BCUT2D eigenvalue weighted by atomic mass is 10.5. The summed E-state index contributed by atoms with van der Waals surface area (Å²) in [6.07, 6.45) is -1.30. The van der Waals surface area contributed by atoms with Crippen LogP contribution in [0.5, 0.6) is 0 Å². The van der Waals surface area contributed by atoms with E-state index >= 15 is 0 Å². The zero-order chi connectivity index (χ0) is 4.99. The highest BCUT2D eigenvalue weighted by Gasteiger charge is 1.98. The lowest BCUT2D eigenvalue weighted by molar-refractivity contribution is 0.602. The molecule has 0 spiro atoms. The van der Waals surface area contributed by atoms with Gasteiger partial charge in [0.05, 0.1) is 0 Å². The van der Waals surface area contributed by atoms with Crippen LogP contribution in [0, 0.1) is 28.8 Å². The summed E-state index contributed by atoms with van der Waals surface area (Å²) in [5.41, 5.74) is 0. The Morgan fingerprint density at radius 2 is 1.67 bits per heavy atom. The van der Waals surface area contributed by atoms with Gasteiger partial charge in [-0.1, -0.05) is 0 Å². The summed E-state index contributed by atoms with van der Waals surface area (Å²) in [5, 5.41) is 14.9. The summed E-state index contributed by atoms with van der Waals surface area (Å²) in [6, 6.07) is 2.01. The highest BCUT2D eigenvalue weighted by atomic mass is 19.1. The molecule has 0 N–H and O–H groups in total. The van der Waals surface area contributed by atoms with E-state index in [1.807, 2.05) is 0 Å². The minimum atomic E-state index is -1.30. The average Bonchev–Trinajstić information content (AvgIpc) is 1.65. The largest absolute Gasteiger partial charge is 0.340 e. The van der Waals surface area contributed by atoms with Gasteiger partial charge < -0.3 is 0 Å². The highest BCUT2D eigenvalue weighted by Crippen LogP contribution is 1.91. The van der Waals surface area contributed by atoms with Crippen molar-refractivity contribution in [2.45, 2.75) is 0 Å². The van der Waals surface area contributed by atoms with Crippen molar-refractivity contribution in [1.29, 1.82) is 10.5 Å². The van der Waals surface area contributed by atoms with Crippen LogP contribution in [-0.2, 0) is 0 Å². The average molecular weight is 83.0 g/mol. The molecule has 0 heterocycles. The maximum Gasteiger partial charge on any atom is 0.340 e. The van der Waals surface area contributed by atoms with Crippen LogP contribution in [0.1, 0.15) is 0 Å². The summed E-state index contributed by atoms with van der Waals surface area (Å²) in [5.74, 6) is 0. The van der Waals surface area contributed by atoms with Gasteiger partial charge in [0.15, 0.2) is 0 Å². The molecular formula is C3FN2. The Morgan fingerprint density at radius 1 is 1.33 bits per heavy atom. The van der Waals surface area contributed by atoms with Crippen LogP contribution in [0.15, 0.2) is 0 Å². The number of nitriles is 2. The van der Waals surface area contributed by atoms with Crippen molar-refractivity contribution in [3.63, 3.8) is 0 Å². The first kappa shape index (κ1) is 4.91. The maximum absolute atomic E-state index is 11.1. The molecule has 0 rings (SSSR count). The van der Waals surface area contributed by atoms with Crippen LogP contribution in [0.25, 0.3) is 0 Å². The quantitative estimate of drug-likeness (QED) is 0.429. The molecule has 0 saturated heterocycles. The fourth-order valence-corrected chi connectivity index (χ4v) is 0.0250. The number of hydrogen-bond acceptors (Lipinski definition) is 2. The molecule has 0 aromatic heterocycles. The molecule has 0 fully saturated rings. The topological polar surface area (TPSA) is 47.6 Å². The van der Waals surface area contributed by atoms with Gasteiger partial charge in [-0.25, -0.2) is 4.39 Å². The zero-order valence-corrected chi connectivity index (χ0v) is 2.77. The molecule has 0 aliphatic rings. The van der Waals surface area contributed by atoms with E-state index in [-0.39, 0.29) is 0 Å². The van der Waals surface area contributed by atoms with E-state index in [1.165, 1.54) is 0 Å². The van der Waals surface area contributed by atoms with Crippen LogP contribution in [0.3, 0.4) is 0 Å². The van der Waals surface area contributed by atoms with Crippen molar-refractivity contribution >= 4 is 0 Å². The summed E-state index contributed by atoms with van der Waals surface area (Å²) < 4.78 is 11.1. The second-order valence-electron chi connectivity index (χ2n) is 0.538. The van der Waals surface area contributed by atoms with E-state index in [1.54, 1.807) is 0 Å². The molecule has 2 nitrogen and oxygen atoms in total. The molecule has 6 heavy (non-hydrogen) atoms. The van der Waals surface area contributed by atoms with Crippen molar-refractivity contribution in [3.05, 3.63) is 6.17 Å². The molecule has 0 bridgehead atoms. The molecule has 29 valence electrons. The van der Waals surface area contributed by atoms with Gasteiger partial charge in [0.2, 0.25) is 0 Å². The molecular weight excluding hydrogens is 83.0 g/mol. The van der Waals surface area contributed by atoms with Crippen LogP contribution < -0.4 is 0 Å². The van der Waals surface area contributed by atoms with Crippen molar-refractivity contribution in [3.8, 4) is 12.1 Å². The minimum absolute atomic E-state index is 1.00. The summed E-state index contributed by atoms with van der Waals surface area (Å²) >= 11 is 0. The van der Waals surface area contributed by atoms with Crippen molar-refractivity contribution < 1.29 is 4.39 Å². The Hall–Kier alpha value is -1.09. The Bertz CT molecular complexity index is 92.9. The molecule has 0 aromatic rings. The molecule has 1 radical (unpaired) electrons.